The molecule has 1 aromatic carbocycles. The van der Waals surface area contributed by atoms with Gasteiger partial charge in [0.25, 0.3) is 5.91 Å². The average Bonchev–Trinajstić information content (AvgIpc) is 2.51. The SMILES string of the molecule is CCC(CC)(CN)NC(=O)c1ccc([N+](=O)[O-])c(OC)c1. The summed E-state index contributed by atoms with van der Waals surface area (Å²) in [6, 6.07) is 4.03. The fourth-order valence-electron chi connectivity index (χ4n) is 2.05. The Morgan fingerprint density at radius 2 is 2.05 bits per heavy atom. The predicted molar refractivity (Wildman–Crippen MR) is 79.5 cm³/mol. The molecule has 0 aliphatic heterocycles. The number of rotatable bonds is 7. The number of carbonyl (C=O) groups excluding carboxylic acids is 1. The number of hydrogen-bond donors (Lipinski definition) is 2. The molecule has 0 aliphatic rings. The topological polar surface area (TPSA) is 107 Å². The van der Waals surface area contributed by atoms with E-state index in [0.29, 0.717) is 24.9 Å². The predicted octanol–water partition coefficient (Wildman–Crippen LogP) is 1.85. The molecule has 116 valence electrons. The monoisotopic (exact) mass is 295 g/mol. The number of nitrogens with zero attached hydrogens (tertiary/aromatic N) is 1. The lowest BCUT2D eigenvalue weighted by molar-refractivity contribution is -0.385. The van der Waals surface area contributed by atoms with Crippen LogP contribution in [0.25, 0.3) is 0 Å². The summed E-state index contributed by atoms with van der Waals surface area (Å²) in [5.41, 5.74) is 5.41. The van der Waals surface area contributed by atoms with Crippen molar-refractivity contribution in [3.8, 4) is 5.75 Å². The molecule has 1 rings (SSSR count). The van der Waals surface area contributed by atoms with Crippen molar-refractivity contribution in [3.63, 3.8) is 0 Å². The lowest BCUT2D eigenvalue weighted by atomic mass is 9.92. The van der Waals surface area contributed by atoms with Crippen LogP contribution in [0.3, 0.4) is 0 Å². The summed E-state index contributed by atoms with van der Waals surface area (Å²) in [7, 11) is 1.33. The number of nitrogens with two attached hydrogens (primary N) is 1. The summed E-state index contributed by atoms with van der Waals surface area (Å²) in [5, 5.41) is 13.7. The van der Waals surface area contributed by atoms with Gasteiger partial charge < -0.3 is 15.8 Å². The fraction of sp³-hybridized carbons (Fsp3) is 0.500. The van der Waals surface area contributed by atoms with Gasteiger partial charge in [-0.05, 0) is 18.9 Å². The minimum atomic E-state index is -0.553. The Balaban J connectivity index is 3.06. The van der Waals surface area contributed by atoms with Crippen LogP contribution in [0.15, 0.2) is 18.2 Å². The second-order valence-electron chi connectivity index (χ2n) is 4.79. The molecule has 0 bridgehead atoms. The van der Waals surface area contributed by atoms with Crippen LogP contribution in [0, 0.1) is 10.1 Å². The Labute approximate surface area is 123 Å². The number of nitro benzene ring substituents is 1. The third-order valence-corrected chi connectivity index (χ3v) is 3.76. The Bertz CT molecular complexity index is 519. The molecule has 1 aromatic rings. The van der Waals surface area contributed by atoms with Crippen molar-refractivity contribution in [1.29, 1.82) is 0 Å². The van der Waals surface area contributed by atoms with Gasteiger partial charge in [0, 0.05) is 24.2 Å². The van der Waals surface area contributed by atoms with Gasteiger partial charge in [-0.25, -0.2) is 0 Å². The number of nitro groups is 1. The number of amides is 1. The van der Waals surface area contributed by atoms with Crippen LogP contribution in [-0.4, -0.2) is 30.0 Å². The van der Waals surface area contributed by atoms with E-state index in [1.807, 2.05) is 13.8 Å². The first-order valence-electron chi connectivity index (χ1n) is 6.78. The summed E-state index contributed by atoms with van der Waals surface area (Å²) >= 11 is 0. The Morgan fingerprint density at radius 1 is 1.43 bits per heavy atom. The van der Waals surface area contributed by atoms with E-state index in [9.17, 15) is 14.9 Å². The van der Waals surface area contributed by atoms with Crippen molar-refractivity contribution < 1.29 is 14.5 Å². The molecule has 0 spiro atoms. The molecule has 0 unspecified atom stereocenters. The molecule has 0 saturated heterocycles. The van der Waals surface area contributed by atoms with Gasteiger partial charge in [-0.1, -0.05) is 13.8 Å². The number of carbonyl (C=O) groups is 1. The molecule has 0 atom stereocenters. The number of nitrogens with one attached hydrogen (secondary N) is 1. The molecule has 0 heterocycles. The van der Waals surface area contributed by atoms with E-state index in [4.69, 9.17) is 10.5 Å². The Kier molecular flexibility index (Phi) is 5.66. The maximum atomic E-state index is 12.3. The highest BCUT2D eigenvalue weighted by Crippen LogP contribution is 2.27. The molecular weight excluding hydrogens is 274 g/mol. The van der Waals surface area contributed by atoms with Gasteiger partial charge in [-0.15, -0.1) is 0 Å². The minimum Gasteiger partial charge on any atom is -0.490 e. The standard InChI is InChI=1S/C14H21N3O4/c1-4-14(5-2,9-15)16-13(18)10-6-7-11(17(19)20)12(8-10)21-3/h6-8H,4-5,9,15H2,1-3H3,(H,16,18). The van der Waals surface area contributed by atoms with Crippen LogP contribution in [0.5, 0.6) is 5.75 Å². The van der Waals surface area contributed by atoms with Crippen LogP contribution in [0.2, 0.25) is 0 Å². The zero-order valence-electron chi connectivity index (χ0n) is 12.5. The third kappa shape index (κ3) is 3.69. The zero-order chi connectivity index (χ0) is 16.0. The number of hydrogen-bond acceptors (Lipinski definition) is 5. The number of ether oxygens (including phenoxy) is 1. The molecule has 0 aromatic heterocycles. The van der Waals surface area contributed by atoms with Crippen LogP contribution in [0.1, 0.15) is 37.0 Å². The van der Waals surface area contributed by atoms with E-state index in [2.05, 4.69) is 5.32 Å². The maximum Gasteiger partial charge on any atom is 0.310 e. The number of benzene rings is 1. The summed E-state index contributed by atoms with van der Waals surface area (Å²) < 4.78 is 4.96. The summed E-state index contributed by atoms with van der Waals surface area (Å²) in [6.07, 6.45) is 1.41. The van der Waals surface area contributed by atoms with Crippen molar-refractivity contribution in [3.05, 3.63) is 33.9 Å². The molecule has 0 fully saturated rings. The van der Waals surface area contributed by atoms with E-state index in [-0.39, 0.29) is 17.3 Å². The van der Waals surface area contributed by atoms with Gasteiger partial charge >= 0.3 is 5.69 Å². The first kappa shape index (κ1) is 16.9. The van der Waals surface area contributed by atoms with E-state index in [1.54, 1.807) is 0 Å². The molecule has 0 aliphatic carbocycles. The molecule has 0 saturated carbocycles. The molecule has 21 heavy (non-hydrogen) atoms. The summed E-state index contributed by atoms with van der Waals surface area (Å²) in [4.78, 5) is 22.6. The second kappa shape index (κ2) is 7.03. The molecule has 7 heteroatoms. The quantitative estimate of drug-likeness (QED) is 0.589. The normalized spacial score (nSPS) is 11.0. The first-order valence-corrected chi connectivity index (χ1v) is 6.78. The lowest BCUT2D eigenvalue weighted by Crippen LogP contribution is -2.52. The summed E-state index contributed by atoms with van der Waals surface area (Å²) in [5.74, 6) is -0.267. The van der Waals surface area contributed by atoms with Gasteiger partial charge in [0.05, 0.1) is 17.6 Å². The van der Waals surface area contributed by atoms with E-state index >= 15 is 0 Å². The fourth-order valence-corrected chi connectivity index (χ4v) is 2.05. The molecule has 3 N–H and O–H groups in total. The highest BCUT2D eigenvalue weighted by molar-refractivity contribution is 5.95. The maximum absolute atomic E-state index is 12.3. The first-order chi connectivity index (χ1) is 9.92. The lowest BCUT2D eigenvalue weighted by Gasteiger charge is -2.31. The summed E-state index contributed by atoms with van der Waals surface area (Å²) in [6.45, 7) is 4.23. The Morgan fingerprint density at radius 3 is 2.48 bits per heavy atom. The van der Waals surface area contributed by atoms with Crippen molar-refractivity contribution in [2.24, 2.45) is 5.73 Å². The van der Waals surface area contributed by atoms with Crippen LogP contribution < -0.4 is 15.8 Å². The van der Waals surface area contributed by atoms with Gasteiger partial charge in [-0.2, -0.15) is 0 Å². The van der Waals surface area contributed by atoms with Gasteiger partial charge in [-0.3, -0.25) is 14.9 Å². The van der Waals surface area contributed by atoms with Gasteiger partial charge in [0.15, 0.2) is 5.75 Å². The van der Waals surface area contributed by atoms with E-state index in [0.717, 1.165) is 0 Å². The van der Waals surface area contributed by atoms with Gasteiger partial charge in [0.1, 0.15) is 0 Å². The molecule has 0 radical (unpaired) electrons. The minimum absolute atomic E-state index is 0.0546. The van der Waals surface area contributed by atoms with Crippen LogP contribution in [-0.2, 0) is 0 Å². The molecular formula is C14H21N3O4. The average molecular weight is 295 g/mol. The van der Waals surface area contributed by atoms with Crippen LogP contribution >= 0.6 is 0 Å². The Hall–Kier alpha value is -2.15. The highest BCUT2D eigenvalue weighted by Gasteiger charge is 2.27. The van der Waals surface area contributed by atoms with Crippen molar-refractivity contribution in [2.45, 2.75) is 32.2 Å². The van der Waals surface area contributed by atoms with Crippen molar-refractivity contribution in [2.75, 3.05) is 13.7 Å². The van der Waals surface area contributed by atoms with Gasteiger partial charge in [0.2, 0.25) is 0 Å². The van der Waals surface area contributed by atoms with Crippen molar-refractivity contribution in [1.82, 2.24) is 5.32 Å². The highest BCUT2D eigenvalue weighted by atomic mass is 16.6. The number of methoxy groups -OCH3 is 1. The third-order valence-electron chi connectivity index (χ3n) is 3.76. The van der Waals surface area contributed by atoms with E-state index in [1.165, 1.54) is 25.3 Å². The van der Waals surface area contributed by atoms with Crippen LogP contribution in [0.4, 0.5) is 5.69 Å². The largest absolute Gasteiger partial charge is 0.490 e. The zero-order valence-corrected chi connectivity index (χ0v) is 12.5. The van der Waals surface area contributed by atoms with Crippen molar-refractivity contribution >= 4 is 11.6 Å². The molecule has 7 nitrogen and oxygen atoms in total. The smallest absolute Gasteiger partial charge is 0.310 e. The van der Waals surface area contributed by atoms with E-state index < -0.39 is 10.5 Å². The second-order valence-corrected chi connectivity index (χ2v) is 4.79. The molecule has 1 amide bonds.